The third-order valence-electron chi connectivity index (χ3n) is 1.80. The fourth-order valence-corrected chi connectivity index (χ4v) is 1.18. The van der Waals surface area contributed by atoms with Crippen molar-refractivity contribution in [1.82, 2.24) is 0 Å². The zero-order chi connectivity index (χ0) is 10.6. The maximum absolute atomic E-state index is 11.3. The molecule has 0 aromatic heterocycles. The summed E-state index contributed by atoms with van der Waals surface area (Å²) >= 11 is 5.69. The van der Waals surface area contributed by atoms with Crippen LogP contribution in [0.15, 0.2) is 29.4 Å². The van der Waals surface area contributed by atoms with Gasteiger partial charge >= 0.3 is 0 Å². The second-order valence-corrected chi connectivity index (χ2v) is 3.17. The van der Waals surface area contributed by atoms with E-state index in [-0.39, 0.29) is 11.5 Å². The molecule has 0 amide bonds. The SMILES string of the molecule is CCC(=O)/C(=N/O)c1ccc(Cl)cc1. The topological polar surface area (TPSA) is 49.7 Å². The van der Waals surface area contributed by atoms with Gasteiger partial charge in [-0.3, -0.25) is 4.79 Å². The van der Waals surface area contributed by atoms with Crippen molar-refractivity contribution in [3.8, 4) is 0 Å². The van der Waals surface area contributed by atoms with Crippen LogP contribution in [0, 0.1) is 0 Å². The number of carbonyl (C=O) groups is 1. The Morgan fingerprint density at radius 1 is 1.43 bits per heavy atom. The Bertz CT molecular complexity index is 357. The molecule has 0 fully saturated rings. The molecule has 0 atom stereocenters. The lowest BCUT2D eigenvalue weighted by Crippen LogP contribution is -2.14. The van der Waals surface area contributed by atoms with Gasteiger partial charge in [0.1, 0.15) is 0 Å². The molecule has 0 aliphatic heterocycles. The Kier molecular flexibility index (Phi) is 3.65. The number of rotatable bonds is 3. The summed E-state index contributed by atoms with van der Waals surface area (Å²) in [7, 11) is 0. The molecule has 0 saturated carbocycles. The minimum absolute atomic E-state index is 0.0733. The third kappa shape index (κ3) is 2.33. The highest BCUT2D eigenvalue weighted by atomic mass is 35.5. The molecule has 14 heavy (non-hydrogen) atoms. The monoisotopic (exact) mass is 211 g/mol. The van der Waals surface area contributed by atoms with Gasteiger partial charge in [-0.1, -0.05) is 35.8 Å². The summed E-state index contributed by atoms with van der Waals surface area (Å²) in [5.74, 6) is -0.199. The highest BCUT2D eigenvalue weighted by Crippen LogP contribution is 2.11. The Morgan fingerprint density at radius 2 is 2.00 bits per heavy atom. The van der Waals surface area contributed by atoms with E-state index in [9.17, 15) is 4.79 Å². The van der Waals surface area contributed by atoms with E-state index in [1.165, 1.54) is 0 Å². The van der Waals surface area contributed by atoms with Gasteiger partial charge in [0.15, 0.2) is 11.5 Å². The molecule has 1 N–H and O–H groups in total. The van der Waals surface area contributed by atoms with Crippen LogP contribution in [0.25, 0.3) is 0 Å². The van der Waals surface area contributed by atoms with E-state index in [1.807, 2.05) is 0 Å². The first kappa shape index (κ1) is 10.7. The van der Waals surface area contributed by atoms with Gasteiger partial charge in [0, 0.05) is 17.0 Å². The standard InChI is InChI=1S/C10H10ClNO2/c1-2-9(13)10(12-14)7-3-5-8(11)6-4-7/h3-6,14H,2H2,1H3/b12-10+. The van der Waals surface area contributed by atoms with Gasteiger partial charge in [-0.2, -0.15) is 0 Å². The number of ketones is 1. The Morgan fingerprint density at radius 3 is 2.43 bits per heavy atom. The Hall–Kier alpha value is -1.35. The van der Waals surface area contributed by atoms with Gasteiger partial charge in [-0.15, -0.1) is 0 Å². The van der Waals surface area contributed by atoms with Crippen molar-refractivity contribution >= 4 is 23.1 Å². The zero-order valence-corrected chi connectivity index (χ0v) is 8.45. The summed E-state index contributed by atoms with van der Waals surface area (Å²) in [6.45, 7) is 1.71. The van der Waals surface area contributed by atoms with Crippen LogP contribution in [0.5, 0.6) is 0 Å². The van der Waals surface area contributed by atoms with Gasteiger partial charge in [0.2, 0.25) is 0 Å². The van der Waals surface area contributed by atoms with Crippen molar-refractivity contribution in [1.29, 1.82) is 0 Å². The van der Waals surface area contributed by atoms with Gasteiger partial charge in [0.25, 0.3) is 0 Å². The quantitative estimate of drug-likeness (QED) is 0.475. The average Bonchev–Trinajstić information content (AvgIpc) is 2.21. The summed E-state index contributed by atoms with van der Waals surface area (Å²) < 4.78 is 0. The van der Waals surface area contributed by atoms with Crippen LogP contribution in [0.4, 0.5) is 0 Å². The van der Waals surface area contributed by atoms with E-state index in [0.29, 0.717) is 17.0 Å². The van der Waals surface area contributed by atoms with E-state index in [1.54, 1.807) is 31.2 Å². The summed E-state index contributed by atoms with van der Waals surface area (Å²) in [5.41, 5.74) is 0.646. The first-order valence-corrected chi connectivity index (χ1v) is 4.58. The molecule has 0 saturated heterocycles. The maximum atomic E-state index is 11.3. The maximum Gasteiger partial charge on any atom is 0.184 e. The molecule has 0 heterocycles. The summed E-state index contributed by atoms with van der Waals surface area (Å²) in [5, 5.41) is 12.2. The minimum atomic E-state index is -0.199. The van der Waals surface area contributed by atoms with E-state index >= 15 is 0 Å². The van der Waals surface area contributed by atoms with Crippen molar-refractivity contribution < 1.29 is 10.0 Å². The molecule has 0 aliphatic rings. The minimum Gasteiger partial charge on any atom is -0.410 e. The predicted molar refractivity (Wildman–Crippen MR) is 55.1 cm³/mol. The molecule has 0 aliphatic carbocycles. The average molecular weight is 212 g/mol. The molecule has 0 spiro atoms. The van der Waals surface area contributed by atoms with Crippen LogP contribution in [-0.2, 0) is 4.79 Å². The first-order chi connectivity index (χ1) is 6.69. The lowest BCUT2D eigenvalue weighted by molar-refractivity contribution is -0.112. The lowest BCUT2D eigenvalue weighted by Gasteiger charge is -2.01. The molecule has 3 nitrogen and oxygen atoms in total. The predicted octanol–water partition coefficient (Wildman–Crippen LogP) is 2.50. The van der Waals surface area contributed by atoms with E-state index < -0.39 is 0 Å². The molecule has 4 heteroatoms. The molecule has 1 aromatic rings. The van der Waals surface area contributed by atoms with Gasteiger partial charge in [0.05, 0.1) is 0 Å². The number of oxime groups is 1. The van der Waals surface area contributed by atoms with E-state index in [2.05, 4.69) is 5.16 Å². The van der Waals surface area contributed by atoms with E-state index in [0.717, 1.165) is 0 Å². The van der Waals surface area contributed by atoms with Gasteiger partial charge < -0.3 is 5.21 Å². The molecule has 0 bridgehead atoms. The Balaban J connectivity index is 3.03. The van der Waals surface area contributed by atoms with Crippen LogP contribution < -0.4 is 0 Å². The molecule has 0 radical (unpaired) electrons. The molecule has 1 rings (SSSR count). The highest BCUT2D eigenvalue weighted by Gasteiger charge is 2.11. The van der Waals surface area contributed by atoms with Crippen LogP contribution >= 0.6 is 11.6 Å². The van der Waals surface area contributed by atoms with Crippen LogP contribution in [0.2, 0.25) is 5.02 Å². The van der Waals surface area contributed by atoms with Gasteiger partial charge in [-0.05, 0) is 12.1 Å². The number of Topliss-reactive ketones (excluding diaryl/α,β-unsaturated/α-hetero) is 1. The van der Waals surface area contributed by atoms with Crippen molar-refractivity contribution in [3.05, 3.63) is 34.9 Å². The second kappa shape index (κ2) is 4.77. The number of carbonyl (C=O) groups excluding carboxylic acids is 1. The summed E-state index contributed by atoms with van der Waals surface area (Å²) in [6.07, 6.45) is 0.308. The Labute approximate surface area is 87.0 Å². The number of hydrogen-bond acceptors (Lipinski definition) is 3. The molecular formula is C10H10ClNO2. The lowest BCUT2D eigenvalue weighted by atomic mass is 10.1. The largest absolute Gasteiger partial charge is 0.410 e. The first-order valence-electron chi connectivity index (χ1n) is 4.20. The fourth-order valence-electron chi connectivity index (χ4n) is 1.05. The highest BCUT2D eigenvalue weighted by molar-refractivity contribution is 6.46. The second-order valence-electron chi connectivity index (χ2n) is 2.73. The van der Waals surface area contributed by atoms with Crippen molar-refractivity contribution in [2.24, 2.45) is 5.16 Å². The van der Waals surface area contributed by atoms with Crippen molar-refractivity contribution in [2.45, 2.75) is 13.3 Å². The normalized spacial score (nSPS) is 11.4. The van der Waals surface area contributed by atoms with Crippen LogP contribution in [0.3, 0.4) is 0 Å². The zero-order valence-electron chi connectivity index (χ0n) is 7.70. The van der Waals surface area contributed by atoms with Crippen molar-refractivity contribution in [2.75, 3.05) is 0 Å². The number of benzene rings is 1. The van der Waals surface area contributed by atoms with E-state index in [4.69, 9.17) is 16.8 Å². The number of halogens is 1. The molecule has 74 valence electrons. The van der Waals surface area contributed by atoms with Crippen molar-refractivity contribution in [3.63, 3.8) is 0 Å². The fraction of sp³-hybridized carbons (Fsp3) is 0.200. The molecule has 1 aromatic carbocycles. The number of hydrogen-bond donors (Lipinski definition) is 1. The summed E-state index contributed by atoms with van der Waals surface area (Å²) in [6, 6.07) is 6.58. The summed E-state index contributed by atoms with van der Waals surface area (Å²) in [4.78, 5) is 11.3. The third-order valence-corrected chi connectivity index (χ3v) is 2.05. The van der Waals surface area contributed by atoms with Crippen LogP contribution in [-0.4, -0.2) is 16.7 Å². The smallest absolute Gasteiger partial charge is 0.184 e. The van der Waals surface area contributed by atoms with Gasteiger partial charge in [-0.25, -0.2) is 0 Å². The van der Waals surface area contributed by atoms with Crippen LogP contribution in [0.1, 0.15) is 18.9 Å². The molecule has 0 unspecified atom stereocenters. The number of nitrogens with zero attached hydrogens (tertiary/aromatic N) is 1. The molecular weight excluding hydrogens is 202 g/mol.